The van der Waals surface area contributed by atoms with Gasteiger partial charge in [0.25, 0.3) is 0 Å². The van der Waals surface area contributed by atoms with Crippen molar-refractivity contribution in [3.05, 3.63) is 52.0 Å². The van der Waals surface area contributed by atoms with E-state index in [1.165, 1.54) is 10.9 Å². The fourth-order valence-corrected chi connectivity index (χ4v) is 5.13. The lowest BCUT2D eigenvalue weighted by Gasteiger charge is -2.37. The summed E-state index contributed by atoms with van der Waals surface area (Å²) in [5.74, 6) is 0.522. The first kappa shape index (κ1) is 22.8. The van der Waals surface area contributed by atoms with Gasteiger partial charge in [0, 0.05) is 24.4 Å². The second-order valence-corrected chi connectivity index (χ2v) is 10.2. The second kappa shape index (κ2) is 10.0. The van der Waals surface area contributed by atoms with Crippen LogP contribution < -0.4 is 4.74 Å². The highest BCUT2D eigenvalue weighted by molar-refractivity contribution is 7.10. The van der Waals surface area contributed by atoms with Gasteiger partial charge in [0.15, 0.2) is 11.6 Å². The van der Waals surface area contributed by atoms with Gasteiger partial charge in [-0.25, -0.2) is 4.39 Å². The zero-order valence-electron chi connectivity index (χ0n) is 18.8. The summed E-state index contributed by atoms with van der Waals surface area (Å²) in [6.07, 6.45) is 3.49. The molecule has 1 aliphatic heterocycles. The number of ether oxygens (including phenoxy) is 1. The normalized spacial score (nSPS) is 17.9. The topological polar surface area (TPSA) is 49.9 Å². The number of hydrogen-bond donors (Lipinski definition) is 0. The van der Waals surface area contributed by atoms with Crippen molar-refractivity contribution in [2.75, 3.05) is 26.2 Å². The number of thiophene rings is 1. The molecule has 172 valence electrons. The van der Waals surface area contributed by atoms with Crippen molar-refractivity contribution >= 4 is 23.2 Å². The molecular formula is C25H31FN2O3S. The Balaban J connectivity index is 1.49. The zero-order valence-corrected chi connectivity index (χ0v) is 19.6. The first-order valence-electron chi connectivity index (χ1n) is 11.4. The van der Waals surface area contributed by atoms with Crippen LogP contribution in [0.25, 0.3) is 0 Å². The van der Waals surface area contributed by atoms with Gasteiger partial charge in [0.2, 0.25) is 11.8 Å². The van der Waals surface area contributed by atoms with Gasteiger partial charge in [0.1, 0.15) is 6.61 Å². The molecule has 1 atom stereocenters. The second-order valence-electron chi connectivity index (χ2n) is 9.21. The monoisotopic (exact) mass is 458 g/mol. The molecule has 0 radical (unpaired) electrons. The highest BCUT2D eigenvalue weighted by atomic mass is 32.1. The van der Waals surface area contributed by atoms with E-state index in [9.17, 15) is 14.0 Å². The maximum Gasteiger partial charge on any atom is 0.242 e. The van der Waals surface area contributed by atoms with Crippen molar-refractivity contribution in [2.45, 2.75) is 45.6 Å². The number of carbonyl (C=O) groups excluding carboxylic acids is 2. The molecule has 4 rings (SSSR count). The third kappa shape index (κ3) is 5.49. The summed E-state index contributed by atoms with van der Waals surface area (Å²) in [6, 6.07) is 8.05. The van der Waals surface area contributed by atoms with E-state index in [-0.39, 0.29) is 42.7 Å². The summed E-state index contributed by atoms with van der Waals surface area (Å²) in [5.41, 5.74) is 1.06. The Kier molecular flexibility index (Phi) is 7.13. The quantitative estimate of drug-likeness (QED) is 0.548. The molecule has 5 nitrogen and oxygen atoms in total. The molecule has 1 aromatic carbocycles. The van der Waals surface area contributed by atoms with Crippen LogP contribution in [-0.4, -0.2) is 47.9 Å². The minimum atomic E-state index is -0.415. The molecule has 1 saturated carbocycles. The van der Waals surface area contributed by atoms with Crippen LogP contribution in [0.2, 0.25) is 0 Å². The number of para-hydroxylation sites is 1. The Labute approximate surface area is 193 Å². The summed E-state index contributed by atoms with van der Waals surface area (Å²) in [5, 5.41) is 2.03. The summed E-state index contributed by atoms with van der Waals surface area (Å²) in [6.45, 7) is 5.55. The Bertz CT molecular complexity index is 956. The number of rotatable bonds is 9. The number of amides is 2. The largest absolute Gasteiger partial charge is 0.488 e. The molecule has 0 bridgehead atoms. The lowest BCUT2D eigenvalue weighted by atomic mass is 10.00. The van der Waals surface area contributed by atoms with Gasteiger partial charge >= 0.3 is 0 Å². The van der Waals surface area contributed by atoms with Gasteiger partial charge in [-0.3, -0.25) is 9.59 Å². The summed E-state index contributed by atoms with van der Waals surface area (Å²) < 4.78 is 19.9. The molecule has 1 aliphatic carbocycles. The van der Waals surface area contributed by atoms with Gasteiger partial charge in [-0.2, -0.15) is 0 Å². The van der Waals surface area contributed by atoms with Crippen LogP contribution in [0, 0.1) is 17.7 Å². The van der Waals surface area contributed by atoms with Crippen LogP contribution in [0.15, 0.2) is 35.7 Å². The standard InChI is InChI=1S/C25H31FN2O3S/c1-17(2)13-24(29)27(14-18-7-8-18)15-25(30)28-11-9-23-19(10-12-32-23)21(28)16-31-22-6-4-3-5-20(22)26/h3-6,10,12,17-18,21H,7-9,11,13-16H2,1-2H3/t21-/m0/s1. The number of halogens is 1. The predicted octanol–water partition coefficient (Wildman–Crippen LogP) is 4.68. The fraction of sp³-hybridized carbons (Fsp3) is 0.520. The van der Waals surface area contributed by atoms with Crippen LogP contribution in [0.5, 0.6) is 5.75 Å². The average Bonchev–Trinajstić information content (AvgIpc) is 3.44. The van der Waals surface area contributed by atoms with Crippen LogP contribution in [0.3, 0.4) is 0 Å². The third-order valence-corrected chi connectivity index (χ3v) is 7.08. The van der Waals surface area contributed by atoms with Crippen molar-refractivity contribution in [3.8, 4) is 5.75 Å². The van der Waals surface area contributed by atoms with E-state index in [1.54, 1.807) is 34.4 Å². The van der Waals surface area contributed by atoms with E-state index in [2.05, 4.69) is 0 Å². The summed E-state index contributed by atoms with van der Waals surface area (Å²) in [7, 11) is 0. The maximum absolute atomic E-state index is 14.1. The molecule has 0 N–H and O–H groups in total. The van der Waals surface area contributed by atoms with Gasteiger partial charge in [-0.15, -0.1) is 11.3 Å². The predicted molar refractivity (Wildman–Crippen MR) is 123 cm³/mol. The Morgan fingerprint density at radius 1 is 1.25 bits per heavy atom. The van der Waals surface area contributed by atoms with Crippen LogP contribution in [0.4, 0.5) is 4.39 Å². The molecule has 1 fully saturated rings. The Hall–Kier alpha value is -2.41. The summed E-state index contributed by atoms with van der Waals surface area (Å²) >= 11 is 1.68. The SMILES string of the molecule is CC(C)CC(=O)N(CC(=O)N1CCc2sccc2[C@@H]1COc1ccccc1F)CC1CC1. The van der Waals surface area contributed by atoms with Crippen molar-refractivity contribution in [1.29, 1.82) is 0 Å². The number of nitrogens with zero attached hydrogens (tertiary/aromatic N) is 2. The number of hydrogen-bond acceptors (Lipinski definition) is 4. The van der Waals surface area contributed by atoms with E-state index in [0.29, 0.717) is 25.4 Å². The van der Waals surface area contributed by atoms with Gasteiger partial charge in [-0.1, -0.05) is 26.0 Å². The van der Waals surface area contributed by atoms with Crippen LogP contribution >= 0.6 is 11.3 Å². The van der Waals surface area contributed by atoms with Crippen LogP contribution in [-0.2, 0) is 16.0 Å². The maximum atomic E-state index is 14.1. The number of benzene rings is 1. The van der Waals surface area contributed by atoms with Gasteiger partial charge < -0.3 is 14.5 Å². The molecule has 7 heteroatoms. The van der Waals surface area contributed by atoms with E-state index in [1.807, 2.05) is 30.2 Å². The molecule has 0 unspecified atom stereocenters. The smallest absolute Gasteiger partial charge is 0.242 e. The number of fused-ring (bicyclic) bond motifs is 1. The molecule has 2 aromatic rings. The molecule has 1 aromatic heterocycles. The van der Waals surface area contributed by atoms with Gasteiger partial charge in [-0.05, 0) is 60.2 Å². The molecule has 32 heavy (non-hydrogen) atoms. The highest BCUT2D eigenvalue weighted by Gasteiger charge is 2.35. The van der Waals surface area contributed by atoms with E-state index < -0.39 is 5.82 Å². The average molecular weight is 459 g/mol. The highest BCUT2D eigenvalue weighted by Crippen LogP contribution is 2.35. The zero-order chi connectivity index (χ0) is 22.7. The fourth-order valence-electron chi connectivity index (χ4n) is 4.20. The lowest BCUT2D eigenvalue weighted by molar-refractivity contribution is -0.143. The lowest BCUT2D eigenvalue weighted by Crippen LogP contribution is -2.48. The minimum Gasteiger partial charge on any atom is -0.488 e. The van der Waals surface area contributed by atoms with Crippen molar-refractivity contribution in [1.82, 2.24) is 9.80 Å². The van der Waals surface area contributed by atoms with E-state index >= 15 is 0 Å². The molecule has 0 spiro atoms. The van der Waals surface area contributed by atoms with Crippen molar-refractivity contribution < 1.29 is 18.7 Å². The Morgan fingerprint density at radius 3 is 2.75 bits per heavy atom. The summed E-state index contributed by atoms with van der Waals surface area (Å²) in [4.78, 5) is 31.0. The minimum absolute atomic E-state index is 0.0487. The van der Waals surface area contributed by atoms with E-state index in [0.717, 1.165) is 24.8 Å². The van der Waals surface area contributed by atoms with E-state index in [4.69, 9.17) is 4.74 Å². The van der Waals surface area contributed by atoms with Gasteiger partial charge in [0.05, 0.1) is 12.6 Å². The first-order valence-corrected chi connectivity index (χ1v) is 12.3. The number of carbonyl (C=O) groups is 2. The van der Waals surface area contributed by atoms with Crippen molar-refractivity contribution in [3.63, 3.8) is 0 Å². The molecule has 2 aliphatic rings. The molecular weight excluding hydrogens is 427 g/mol. The first-order chi connectivity index (χ1) is 15.4. The molecule has 0 saturated heterocycles. The van der Waals surface area contributed by atoms with Crippen molar-refractivity contribution in [2.24, 2.45) is 11.8 Å². The molecule has 2 amide bonds. The Morgan fingerprint density at radius 2 is 2.03 bits per heavy atom. The molecule has 2 heterocycles. The van der Waals surface area contributed by atoms with Crippen LogP contribution in [0.1, 0.15) is 49.6 Å². The third-order valence-electron chi connectivity index (χ3n) is 6.09.